The molecule has 2 N–H and O–H groups in total. The van der Waals surface area contributed by atoms with Crippen LogP contribution in [-0.2, 0) is 10.3 Å². The molecule has 0 spiro atoms. The van der Waals surface area contributed by atoms with Gasteiger partial charge in [0.1, 0.15) is 11.3 Å². The van der Waals surface area contributed by atoms with Gasteiger partial charge < -0.3 is 10.1 Å². The maximum absolute atomic E-state index is 11.7. The fraction of sp³-hybridized carbons (Fsp3) is 0.333. The summed E-state index contributed by atoms with van der Waals surface area (Å²) in [5.74, 6) is 0.399. The van der Waals surface area contributed by atoms with Gasteiger partial charge in [-0.2, -0.15) is 0 Å². The van der Waals surface area contributed by atoms with Gasteiger partial charge in [-0.3, -0.25) is 10.1 Å². The Hall–Kier alpha value is -2.04. The van der Waals surface area contributed by atoms with Crippen LogP contribution >= 0.6 is 0 Å². The van der Waals surface area contributed by atoms with Crippen molar-refractivity contribution in [2.24, 2.45) is 0 Å². The molecular formula is C12H14N2O3. The van der Waals surface area contributed by atoms with E-state index in [0.717, 1.165) is 11.3 Å². The highest BCUT2D eigenvalue weighted by Gasteiger charge is 2.43. The van der Waals surface area contributed by atoms with Crippen molar-refractivity contribution in [3.63, 3.8) is 0 Å². The molecular weight excluding hydrogens is 220 g/mol. The van der Waals surface area contributed by atoms with Crippen LogP contribution in [0.25, 0.3) is 0 Å². The minimum atomic E-state index is -0.998. The van der Waals surface area contributed by atoms with E-state index in [1.807, 2.05) is 6.92 Å². The number of hydrogen-bond donors (Lipinski definition) is 2. The van der Waals surface area contributed by atoms with E-state index in [4.69, 9.17) is 4.74 Å². The highest BCUT2D eigenvalue weighted by atomic mass is 16.5. The first-order valence-corrected chi connectivity index (χ1v) is 5.43. The predicted molar refractivity (Wildman–Crippen MR) is 61.6 cm³/mol. The maximum Gasteiger partial charge on any atom is 0.322 e. The van der Waals surface area contributed by atoms with Gasteiger partial charge in [-0.15, -0.1) is 0 Å². The molecule has 0 saturated carbocycles. The summed E-state index contributed by atoms with van der Waals surface area (Å²) >= 11 is 0. The minimum Gasteiger partial charge on any atom is -0.494 e. The molecule has 1 atom stereocenters. The Morgan fingerprint density at radius 1 is 1.24 bits per heavy atom. The summed E-state index contributed by atoms with van der Waals surface area (Å²) in [6, 6.07) is 6.64. The summed E-state index contributed by atoms with van der Waals surface area (Å²) in [6.07, 6.45) is 0. The van der Waals surface area contributed by atoms with E-state index in [2.05, 4.69) is 10.6 Å². The third-order valence-electron chi connectivity index (χ3n) is 2.79. The molecule has 1 saturated heterocycles. The van der Waals surface area contributed by atoms with E-state index in [1.54, 1.807) is 31.2 Å². The van der Waals surface area contributed by atoms with Crippen LogP contribution in [-0.4, -0.2) is 18.5 Å². The topological polar surface area (TPSA) is 67.4 Å². The van der Waals surface area contributed by atoms with Crippen LogP contribution in [0.1, 0.15) is 19.4 Å². The highest BCUT2D eigenvalue weighted by Crippen LogP contribution is 2.26. The summed E-state index contributed by atoms with van der Waals surface area (Å²) in [5.41, 5.74) is -0.272. The van der Waals surface area contributed by atoms with E-state index >= 15 is 0 Å². The molecule has 1 aliphatic heterocycles. The van der Waals surface area contributed by atoms with E-state index in [1.165, 1.54) is 0 Å². The van der Waals surface area contributed by atoms with Gasteiger partial charge in [0.05, 0.1) is 6.61 Å². The number of carbonyl (C=O) groups is 2. The molecule has 2 rings (SSSR count). The molecule has 1 aromatic carbocycles. The zero-order valence-corrected chi connectivity index (χ0v) is 9.74. The van der Waals surface area contributed by atoms with Gasteiger partial charge in [-0.05, 0) is 31.5 Å². The van der Waals surface area contributed by atoms with Crippen molar-refractivity contribution >= 4 is 11.9 Å². The molecule has 17 heavy (non-hydrogen) atoms. The summed E-state index contributed by atoms with van der Waals surface area (Å²) in [5, 5.41) is 4.83. The molecule has 1 aliphatic rings. The zero-order chi connectivity index (χ0) is 12.5. The fourth-order valence-corrected chi connectivity index (χ4v) is 1.80. The van der Waals surface area contributed by atoms with Crippen molar-refractivity contribution in [2.75, 3.05) is 6.61 Å². The number of hydrogen-bond acceptors (Lipinski definition) is 3. The second kappa shape index (κ2) is 4.08. The molecule has 0 bridgehead atoms. The van der Waals surface area contributed by atoms with Crippen molar-refractivity contribution < 1.29 is 14.3 Å². The second-order valence-corrected chi connectivity index (χ2v) is 3.99. The second-order valence-electron chi connectivity index (χ2n) is 3.99. The third-order valence-corrected chi connectivity index (χ3v) is 2.79. The lowest BCUT2D eigenvalue weighted by Crippen LogP contribution is -2.40. The van der Waals surface area contributed by atoms with E-state index in [-0.39, 0.29) is 5.91 Å². The van der Waals surface area contributed by atoms with Crippen LogP contribution in [0.5, 0.6) is 5.75 Å². The summed E-state index contributed by atoms with van der Waals surface area (Å²) in [6.45, 7) is 4.16. The Kier molecular flexibility index (Phi) is 2.75. The summed E-state index contributed by atoms with van der Waals surface area (Å²) in [7, 11) is 0. The van der Waals surface area contributed by atoms with Crippen molar-refractivity contribution in [3.8, 4) is 5.75 Å². The van der Waals surface area contributed by atoms with Crippen LogP contribution in [0, 0.1) is 0 Å². The van der Waals surface area contributed by atoms with Gasteiger partial charge in [-0.25, -0.2) is 4.79 Å². The number of amides is 3. The van der Waals surface area contributed by atoms with Gasteiger partial charge in [-0.1, -0.05) is 12.1 Å². The SMILES string of the molecule is CCOc1ccc(C2(C)NC(=O)NC2=O)cc1. The lowest BCUT2D eigenvalue weighted by atomic mass is 9.92. The lowest BCUT2D eigenvalue weighted by molar-refractivity contribution is -0.123. The first-order valence-electron chi connectivity index (χ1n) is 5.43. The van der Waals surface area contributed by atoms with Crippen LogP contribution in [0.4, 0.5) is 4.79 Å². The van der Waals surface area contributed by atoms with Gasteiger partial charge >= 0.3 is 6.03 Å². The van der Waals surface area contributed by atoms with Crippen LogP contribution in [0.3, 0.4) is 0 Å². The number of imide groups is 1. The van der Waals surface area contributed by atoms with Crippen LogP contribution in [0.15, 0.2) is 24.3 Å². The number of benzene rings is 1. The average molecular weight is 234 g/mol. The Morgan fingerprint density at radius 3 is 2.35 bits per heavy atom. The molecule has 1 unspecified atom stereocenters. The third kappa shape index (κ3) is 1.95. The molecule has 90 valence electrons. The molecule has 3 amide bonds. The van der Waals surface area contributed by atoms with Gasteiger partial charge in [0.15, 0.2) is 0 Å². The number of rotatable bonds is 3. The first-order chi connectivity index (χ1) is 8.06. The molecule has 0 radical (unpaired) electrons. The predicted octanol–water partition coefficient (Wildman–Crippen LogP) is 1.14. The Bertz CT molecular complexity index is 455. The van der Waals surface area contributed by atoms with Crippen molar-refractivity contribution in [1.29, 1.82) is 0 Å². The van der Waals surface area contributed by atoms with Gasteiger partial charge in [0.2, 0.25) is 0 Å². The molecule has 1 aromatic rings. The summed E-state index contributed by atoms with van der Waals surface area (Å²) in [4.78, 5) is 22.8. The average Bonchev–Trinajstić information content (AvgIpc) is 2.55. The van der Waals surface area contributed by atoms with E-state index in [0.29, 0.717) is 6.61 Å². The molecule has 5 nitrogen and oxygen atoms in total. The van der Waals surface area contributed by atoms with E-state index < -0.39 is 11.6 Å². The monoisotopic (exact) mass is 234 g/mol. The lowest BCUT2D eigenvalue weighted by Gasteiger charge is -2.21. The Labute approximate surface area is 99.2 Å². The Balaban J connectivity index is 2.28. The summed E-state index contributed by atoms with van der Waals surface area (Å²) < 4.78 is 5.32. The number of ether oxygens (including phenoxy) is 1. The highest BCUT2D eigenvalue weighted by molar-refractivity contribution is 6.07. The van der Waals surface area contributed by atoms with Crippen LogP contribution < -0.4 is 15.4 Å². The van der Waals surface area contributed by atoms with Crippen LogP contribution in [0.2, 0.25) is 0 Å². The van der Waals surface area contributed by atoms with Crippen molar-refractivity contribution in [1.82, 2.24) is 10.6 Å². The normalized spacial score (nSPS) is 23.2. The molecule has 0 aromatic heterocycles. The first kappa shape index (κ1) is 11.4. The standard InChI is InChI=1S/C12H14N2O3/c1-3-17-9-6-4-8(5-7-9)12(2)10(15)13-11(16)14-12/h4-7H,3H2,1-2H3,(H2,13,14,15,16). The minimum absolute atomic E-state index is 0.341. The number of carbonyl (C=O) groups excluding carboxylic acids is 2. The Morgan fingerprint density at radius 2 is 1.88 bits per heavy atom. The van der Waals surface area contributed by atoms with E-state index in [9.17, 15) is 9.59 Å². The quantitative estimate of drug-likeness (QED) is 0.771. The van der Waals surface area contributed by atoms with Crippen molar-refractivity contribution in [3.05, 3.63) is 29.8 Å². The molecule has 5 heteroatoms. The molecule has 1 fully saturated rings. The smallest absolute Gasteiger partial charge is 0.322 e. The number of urea groups is 1. The van der Waals surface area contributed by atoms with Gasteiger partial charge in [0, 0.05) is 0 Å². The fourth-order valence-electron chi connectivity index (χ4n) is 1.80. The zero-order valence-electron chi connectivity index (χ0n) is 9.74. The van der Waals surface area contributed by atoms with Crippen molar-refractivity contribution in [2.45, 2.75) is 19.4 Å². The maximum atomic E-state index is 11.7. The number of nitrogens with one attached hydrogen (secondary N) is 2. The van der Waals surface area contributed by atoms with Gasteiger partial charge in [0.25, 0.3) is 5.91 Å². The molecule has 1 heterocycles. The largest absolute Gasteiger partial charge is 0.494 e. The molecule has 0 aliphatic carbocycles.